The number of benzene rings is 1. The first-order chi connectivity index (χ1) is 15.7. The van der Waals surface area contributed by atoms with Crippen LogP contribution in [0.3, 0.4) is 0 Å². The molecule has 1 aromatic carbocycles. The predicted octanol–water partition coefficient (Wildman–Crippen LogP) is 2.52. The summed E-state index contributed by atoms with van der Waals surface area (Å²) in [6, 6.07) is 6.23. The van der Waals surface area contributed by atoms with Crippen molar-refractivity contribution in [1.82, 2.24) is 14.4 Å². The second kappa shape index (κ2) is 9.93. The van der Waals surface area contributed by atoms with Crippen LogP contribution in [0.15, 0.2) is 22.7 Å². The number of carbonyl (C=O) groups is 1. The third kappa shape index (κ3) is 5.39. The average Bonchev–Trinajstić information content (AvgIpc) is 3.11. The Morgan fingerprint density at radius 1 is 1.15 bits per heavy atom. The zero-order chi connectivity index (χ0) is 23.8. The standard InChI is InChI=1S/C23H32BrN3O5S/c1-16(2)25-5-3-18(4-6-25)32-22-14-17-13-21(27(7-10-28)20(17)15-19(22)24)23(29)26-8-11-33(30,31)12-9-26/h13-16,18,28H,3-12H2,1-2H3. The summed E-state index contributed by atoms with van der Waals surface area (Å²) < 4.78 is 32.5. The van der Waals surface area contributed by atoms with E-state index in [4.69, 9.17) is 4.74 Å². The summed E-state index contributed by atoms with van der Waals surface area (Å²) in [4.78, 5) is 17.3. The molecule has 0 atom stereocenters. The normalized spacial score (nSPS) is 20.0. The van der Waals surface area contributed by atoms with Crippen molar-refractivity contribution in [3.8, 4) is 5.75 Å². The fourth-order valence-corrected chi connectivity index (χ4v) is 6.26. The highest BCUT2D eigenvalue weighted by Gasteiger charge is 2.29. The molecule has 2 fully saturated rings. The number of hydrogen-bond donors (Lipinski definition) is 1. The molecule has 0 saturated carbocycles. The van der Waals surface area contributed by atoms with Gasteiger partial charge >= 0.3 is 0 Å². The number of amides is 1. The highest BCUT2D eigenvalue weighted by molar-refractivity contribution is 9.10. The smallest absolute Gasteiger partial charge is 0.270 e. The number of aliphatic hydroxyl groups excluding tert-OH is 1. The molecule has 1 N–H and O–H groups in total. The minimum Gasteiger partial charge on any atom is -0.489 e. The molecule has 33 heavy (non-hydrogen) atoms. The molecular weight excluding hydrogens is 510 g/mol. The number of hydrogen-bond acceptors (Lipinski definition) is 6. The van der Waals surface area contributed by atoms with Crippen molar-refractivity contribution < 1.29 is 23.1 Å². The van der Waals surface area contributed by atoms with E-state index in [0.717, 1.165) is 47.1 Å². The van der Waals surface area contributed by atoms with Gasteiger partial charge in [-0.05, 0) is 60.8 Å². The maximum atomic E-state index is 13.2. The Hall–Kier alpha value is -1.62. The van der Waals surface area contributed by atoms with E-state index in [1.54, 1.807) is 9.47 Å². The summed E-state index contributed by atoms with van der Waals surface area (Å²) in [6.45, 7) is 7.00. The first kappa shape index (κ1) is 24.5. The Morgan fingerprint density at radius 3 is 2.42 bits per heavy atom. The molecule has 3 heterocycles. The number of carbonyl (C=O) groups excluding carboxylic acids is 1. The molecule has 10 heteroatoms. The minimum absolute atomic E-state index is 0.0157. The summed E-state index contributed by atoms with van der Waals surface area (Å²) >= 11 is 3.63. The number of nitrogens with zero attached hydrogens (tertiary/aromatic N) is 3. The molecule has 8 nitrogen and oxygen atoms in total. The van der Waals surface area contributed by atoms with Gasteiger partial charge in [0.1, 0.15) is 17.5 Å². The Labute approximate surface area is 203 Å². The Kier molecular flexibility index (Phi) is 7.38. The van der Waals surface area contributed by atoms with Crippen molar-refractivity contribution in [2.45, 2.75) is 45.4 Å². The van der Waals surface area contributed by atoms with Gasteiger partial charge in [0.05, 0.1) is 28.1 Å². The van der Waals surface area contributed by atoms with Crippen molar-refractivity contribution in [3.05, 3.63) is 28.4 Å². The third-order valence-electron chi connectivity index (χ3n) is 6.63. The maximum absolute atomic E-state index is 13.2. The van der Waals surface area contributed by atoms with Gasteiger partial charge in [-0.3, -0.25) is 4.79 Å². The Morgan fingerprint density at radius 2 is 1.82 bits per heavy atom. The fourth-order valence-electron chi connectivity index (χ4n) is 4.64. The average molecular weight is 542 g/mol. The molecule has 1 aromatic heterocycles. The zero-order valence-electron chi connectivity index (χ0n) is 19.2. The zero-order valence-corrected chi connectivity index (χ0v) is 21.6. The van der Waals surface area contributed by atoms with Gasteiger partial charge in [0.2, 0.25) is 0 Å². The van der Waals surface area contributed by atoms with E-state index in [1.165, 1.54) is 0 Å². The number of sulfone groups is 1. The van der Waals surface area contributed by atoms with E-state index in [9.17, 15) is 18.3 Å². The lowest BCUT2D eigenvalue weighted by molar-refractivity contribution is 0.0758. The van der Waals surface area contributed by atoms with Gasteiger partial charge in [-0.2, -0.15) is 0 Å². The van der Waals surface area contributed by atoms with Gasteiger partial charge < -0.3 is 24.2 Å². The van der Waals surface area contributed by atoms with E-state index in [-0.39, 0.29) is 49.8 Å². The van der Waals surface area contributed by atoms with Crippen LogP contribution in [0.2, 0.25) is 0 Å². The number of aromatic nitrogens is 1. The fraction of sp³-hybridized carbons (Fsp3) is 0.609. The van der Waals surface area contributed by atoms with Crippen molar-refractivity contribution in [2.75, 3.05) is 44.3 Å². The first-order valence-electron chi connectivity index (χ1n) is 11.5. The molecule has 0 aliphatic carbocycles. The summed E-state index contributed by atoms with van der Waals surface area (Å²) in [5, 5.41) is 10.5. The monoisotopic (exact) mass is 541 g/mol. The number of rotatable bonds is 6. The molecule has 2 aromatic rings. The molecule has 2 aliphatic heterocycles. The van der Waals surface area contributed by atoms with E-state index < -0.39 is 9.84 Å². The Bertz CT molecular complexity index is 1110. The minimum atomic E-state index is -3.08. The number of likely N-dealkylation sites (tertiary alicyclic amines) is 1. The van der Waals surface area contributed by atoms with Crippen LogP contribution in [0.25, 0.3) is 10.9 Å². The van der Waals surface area contributed by atoms with Crippen LogP contribution in [0, 0.1) is 0 Å². The summed E-state index contributed by atoms with van der Waals surface area (Å²) in [5.74, 6) is 0.500. The number of fused-ring (bicyclic) bond motifs is 1. The van der Waals surface area contributed by atoms with Crippen molar-refractivity contribution >= 4 is 42.6 Å². The van der Waals surface area contributed by atoms with Crippen molar-refractivity contribution in [1.29, 1.82) is 0 Å². The number of aliphatic hydroxyl groups is 1. The third-order valence-corrected chi connectivity index (χ3v) is 8.86. The van der Waals surface area contributed by atoms with Gasteiger partial charge in [0, 0.05) is 44.2 Å². The van der Waals surface area contributed by atoms with Gasteiger partial charge in [0.25, 0.3) is 5.91 Å². The molecule has 0 unspecified atom stereocenters. The maximum Gasteiger partial charge on any atom is 0.270 e. The highest BCUT2D eigenvalue weighted by atomic mass is 79.9. The molecule has 2 saturated heterocycles. The van der Waals surface area contributed by atoms with Crippen LogP contribution in [-0.4, -0.2) is 90.2 Å². The molecular formula is C23H32BrN3O5S. The van der Waals surface area contributed by atoms with Gasteiger partial charge in [-0.15, -0.1) is 0 Å². The van der Waals surface area contributed by atoms with E-state index in [2.05, 4.69) is 34.7 Å². The van der Waals surface area contributed by atoms with E-state index in [1.807, 2.05) is 18.2 Å². The van der Waals surface area contributed by atoms with Crippen molar-refractivity contribution in [3.63, 3.8) is 0 Å². The van der Waals surface area contributed by atoms with Gasteiger partial charge in [-0.25, -0.2) is 8.42 Å². The van der Waals surface area contributed by atoms with Crippen LogP contribution in [-0.2, 0) is 16.4 Å². The SMILES string of the molecule is CC(C)N1CCC(Oc2cc3cc(C(=O)N4CCS(=O)(=O)CC4)n(CCO)c3cc2Br)CC1. The number of ether oxygens (including phenoxy) is 1. The van der Waals surface area contributed by atoms with Crippen LogP contribution < -0.4 is 4.74 Å². The summed E-state index contributed by atoms with van der Waals surface area (Å²) in [5.41, 5.74) is 1.28. The lowest BCUT2D eigenvalue weighted by Crippen LogP contribution is -2.44. The summed E-state index contributed by atoms with van der Waals surface area (Å²) in [6.07, 6.45) is 2.08. The molecule has 0 spiro atoms. The van der Waals surface area contributed by atoms with Crippen LogP contribution in [0.4, 0.5) is 0 Å². The van der Waals surface area contributed by atoms with Gasteiger partial charge in [-0.1, -0.05) is 0 Å². The topological polar surface area (TPSA) is 92.1 Å². The van der Waals surface area contributed by atoms with E-state index >= 15 is 0 Å². The van der Waals surface area contributed by atoms with Crippen LogP contribution >= 0.6 is 15.9 Å². The molecule has 182 valence electrons. The lowest BCUT2D eigenvalue weighted by Gasteiger charge is -2.34. The predicted molar refractivity (Wildman–Crippen MR) is 132 cm³/mol. The van der Waals surface area contributed by atoms with Crippen LogP contribution in [0.1, 0.15) is 37.2 Å². The molecule has 4 rings (SSSR count). The lowest BCUT2D eigenvalue weighted by atomic mass is 10.1. The number of piperidine rings is 1. The quantitative estimate of drug-likeness (QED) is 0.604. The second-order valence-corrected chi connectivity index (χ2v) is 12.3. The molecule has 0 bridgehead atoms. The molecule has 0 radical (unpaired) electrons. The Balaban J connectivity index is 1.58. The van der Waals surface area contributed by atoms with Gasteiger partial charge in [0.15, 0.2) is 9.84 Å². The molecule has 1 amide bonds. The molecule has 2 aliphatic rings. The number of halogens is 1. The second-order valence-electron chi connectivity index (χ2n) is 9.14. The van der Waals surface area contributed by atoms with Crippen LogP contribution in [0.5, 0.6) is 5.75 Å². The van der Waals surface area contributed by atoms with Crippen molar-refractivity contribution in [2.24, 2.45) is 0 Å². The van der Waals surface area contributed by atoms with E-state index in [0.29, 0.717) is 11.7 Å². The first-order valence-corrected chi connectivity index (χ1v) is 14.1. The summed E-state index contributed by atoms with van der Waals surface area (Å²) in [7, 11) is -3.08. The highest BCUT2D eigenvalue weighted by Crippen LogP contribution is 2.34. The largest absolute Gasteiger partial charge is 0.489 e.